The highest BCUT2D eigenvalue weighted by molar-refractivity contribution is 6.05. The summed E-state index contributed by atoms with van der Waals surface area (Å²) in [6, 6.07) is 49.5. The minimum Gasteiger partial charge on any atom is -0.457 e. The molecule has 492 valence electrons. The fourth-order valence-corrected chi connectivity index (χ4v) is 11.9. The Kier molecular flexibility index (Phi) is 21.2. The van der Waals surface area contributed by atoms with Crippen LogP contribution >= 0.6 is 0 Å². The lowest BCUT2D eigenvalue weighted by molar-refractivity contribution is -0.128. The highest BCUT2D eigenvalue weighted by Gasteiger charge is 2.33. The van der Waals surface area contributed by atoms with Crippen LogP contribution in [-0.4, -0.2) is 119 Å². The second kappa shape index (κ2) is 30.5. The van der Waals surface area contributed by atoms with E-state index in [-0.39, 0.29) is 70.0 Å². The molecule has 3 aromatic heterocycles. The average molecular weight is 1290 g/mol. The van der Waals surface area contributed by atoms with E-state index < -0.39 is 17.7 Å². The Morgan fingerprint density at radius 1 is 0.365 bits per heavy atom. The summed E-state index contributed by atoms with van der Waals surface area (Å²) < 4.78 is 22.3. The molecule has 1 unspecified atom stereocenters. The predicted octanol–water partition coefficient (Wildman–Crippen LogP) is 10.1. The molecule has 0 saturated carbocycles. The Balaban J connectivity index is 0.000000157. The maximum atomic E-state index is 12.2. The largest absolute Gasteiger partial charge is 0.457 e. The zero-order valence-electron chi connectivity index (χ0n) is 52.8. The van der Waals surface area contributed by atoms with Gasteiger partial charge in [0.15, 0.2) is 0 Å². The van der Waals surface area contributed by atoms with E-state index in [1.54, 1.807) is 65.1 Å². The van der Waals surface area contributed by atoms with E-state index in [1.807, 2.05) is 127 Å². The third kappa shape index (κ3) is 15.5. The number of hydrogen-bond donors (Lipinski definition) is 6. The number of benzene rings is 6. The smallest absolute Gasteiger partial charge is 0.254 e. The number of piperidine rings is 3. The van der Waals surface area contributed by atoms with Crippen molar-refractivity contribution in [3.05, 3.63) is 218 Å². The first kappa shape index (κ1) is 66.7. The van der Waals surface area contributed by atoms with Crippen molar-refractivity contribution < 1.29 is 43.0 Å². The maximum Gasteiger partial charge on any atom is 0.254 e. The Labute approximate surface area is 554 Å². The van der Waals surface area contributed by atoms with Crippen LogP contribution in [0, 0.1) is 0 Å². The van der Waals surface area contributed by atoms with Crippen molar-refractivity contribution in [2.75, 3.05) is 56.5 Å². The summed E-state index contributed by atoms with van der Waals surface area (Å²) >= 11 is 0. The molecular weight excluding hydrogens is 1220 g/mol. The Morgan fingerprint density at radius 2 is 0.594 bits per heavy atom. The predicted molar refractivity (Wildman–Crippen MR) is 366 cm³/mol. The molecule has 3 saturated heterocycles. The Hall–Kier alpha value is -12.2. The standard InChI is InChI=1S/3C24H25N5O3/c3*1-2-20(30)28-14-6-7-17(15-28)29-23(25)21(24(26)31)22(27-29)16-10-12-19(13-11-16)32-18-8-4-3-5-9-18/h3*2-5,8-13,17H,1,6-7,14-15,25H2,(H2,26,31)/t2*17-;/m10./s1. The lowest BCUT2D eigenvalue weighted by atomic mass is 10.1. The molecule has 24 nitrogen and oxygen atoms in total. The zero-order chi connectivity index (χ0) is 68.0. The molecule has 3 atom stereocenters. The first-order valence-corrected chi connectivity index (χ1v) is 31.2. The Bertz CT molecular complexity index is 3850. The molecule has 0 bridgehead atoms. The summed E-state index contributed by atoms with van der Waals surface area (Å²) in [6.07, 6.45) is 8.66. The van der Waals surface area contributed by atoms with Crippen LogP contribution in [0.4, 0.5) is 17.5 Å². The fraction of sp³-hybridized carbons (Fsp3) is 0.208. The molecule has 6 aromatic carbocycles. The van der Waals surface area contributed by atoms with Gasteiger partial charge in [-0.25, -0.2) is 14.0 Å². The van der Waals surface area contributed by atoms with Crippen molar-refractivity contribution in [2.45, 2.75) is 56.7 Å². The van der Waals surface area contributed by atoms with E-state index in [4.69, 9.17) is 48.6 Å². The second-order valence-corrected chi connectivity index (χ2v) is 22.9. The second-order valence-electron chi connectivity index (χ2n) is 22.9. The van der Waals surface area contributed by atoms with Gasteiger partial charge in [0.1, 0.15) is 85.7 Å². The molecule has 3 fully saturated rings. The van der Waals surface area contributed by atoms with E-state index in [1.165, 1.54) is 18.2 Å². The molecule has 0 radical (unpaired) electrons. The van der Waals surface area contributed by atoms with Crippen molar-refractivity contribution in [1.29, 1.82) is 0 Å². The van der Waals surface area contributed by atoms with Gasteiger partial charge in [0.05, 0.1) is 18.1 Å². The van der Waals surface area contributed by atoms with Crippen molar-refractivity contribution >= 4 is 52.9 Å². The molecule has 0 spiro atoms. The van der Waals surface area contributed by atoms with Gasteiger partial charge >= 0.3 is 0 Å². The molecule has 96 heavy (non-hydrogen) atoms. The Morgan fingerprint density at radius 3 is 0.812 bits per heavy atom. The van der Waals surface area contributed by atoms with Gasteiger partial charge in [-0.15, -0.1) is 0 Å². The van der Waals surface area contributed by atoms with Crippen LogP contribution in [0.5, 0.6) is 34.5 Å². The number of nitrogen functional groups attached to an aromatic ring is 3. The number of carbonyl (C=O) groups is 6. The average Bonchev–Trinajstić information content (AvgIpc) is 1.66. The zero-order valence-corrected chi connectivity index (χ0v) is 52.8. The molecule has 9 aromatic rings. The lowest BCUT2D eigenvalue weighted by Gasteiger charge is -2.32. The number of para-hydroxylation sites is 3. The van der Waals surface area contributed by atoms with Gasteiger partial charge in [-0.1, -0.05) is 74.3 Å². The van der Waals surface area contributed by atoms with Gasteiger partial charge in [-0.2, -0.15) is 15.3 Å². The molecule has 24 heteroatoms. The number of likely N-dealkylation sites (tertiary alicyclic amines) is 3. The minimum atomic E-state index is -0.650. The molecule has 12 N–H and O–H groups in total. The summed E-state index contributed by atoms with van der Waals surface area (Å²) in [5, 5.41) is 13.9. The van der Waals surface area contributed by atoms with Crippen LogP contribution in [0.1, 0.15) is 87.7 Å². The van der Waals surface area contributed by atoms with Gasteiger partial charge in [0.25, 0.3) is 17.7 Å². The summed E-state index contributed by atoms with van der Waals surface area (Å²) in [6.45, 7) is 14.0. The number of ether oxygens (including phenoxy) is 3. The SMILES string of the molecule is C=CC(=O)N1CCCC(n2nc(-c3ccc(Oc4ccccc4)cc3)c(C(N)=O)c2N)C1.C=CC(=O)N1CCC[C@@H](n2nc(-c3ccc(Oc4ccccc4)cc3)c(C(N)=O)c2N)C1.C=CC(=O)N1CCC[C@H](n2nc(-c3ccc(Oc4ccccc4)cc3)c(C(N)=O)c2N)C1. The number of amides is 6. The van der Waals surface area contributed by atoms with E-state index in [2.05, 4.69) is 35.0 Å². The van der Waals surface area contributed by atoms with Crippen LogP contribution in [-0.2, 0) is 14.4 Å². The third-order valence-corrected chi connectivity index (χ3v) is 16.6. The highest BCUT2D eigenvalue weighted by Crippen LogP contribution is 2.38. The van der Waals surface area contributed by atoms with Gasteiger partial charge in [0.2, 0.25) is 17.7 Å². The number of hydrogen-bond acceptors (Lipinski definition) is 15. The van der Waals surface area contributed by atoms with E-state index >= 15 is 0 Å². The summed E-state index contributed by atoms with van der Waals surface area (Å²) in [5.74, 6) is 2.39. The van der Waals surface area contributed by atoms with Crippen molar-refractivity contribution in [3.8, 4) is 68.3 Å². The lowest BCUT2D eigenvalue weighted by Crippen LogP contribution is -2.40. The van der Waals surface area contributed by atoms with Gasteiger partial charge < -0.3 is 63.3 Å². The van der Waals surface area contributed by atoms with Crippen LogP contribution in [0.15, 0.2) is 202 Å². The third-order valence-electron chi connectivity index (χ3n) is 16.6. The van der Waals surface area contributed by atoms with Gasteiger partial charge in [0, 0.05) is 56.0 Å². The first-order valence-electron chi connectivity index (χ1n) is 31.2. The molecular formula is C72H75N15O9. The first-order chi connectivity index (χ1) is 46.4. The summed E-state index contributed by atoms with van der Waals surface area (Å²) in [5.41, 5.74) is 39.7. The highest BCUT2D eigenvalue weighted by atomic mass is 16.5. The van der Waals surface area contributed by atoms with Crippen LogP contribution < -0.4 is 48.6 Å². The number of primary amides is 3. The molecule has 6 heterocycles. The molecule has 3 aliphatic heterocycles. The van der Waals surface area contributed by atoms with E-state index in [9.17, 15) is 28.8 Å². The van der Waals surface area contributed by atoms with Crippen LogP contribution in [0.2, 0.25) is 0 Å². The molecule has 3 aliphatic rings. The normalized spacial score (nSPS) is 15.9. The maximum absolute atomic E-state index is 12.2. The monoisotopic (exact) mass is 1290 g/mol. The minimum absolute atomic E-state index is 0.134. The fourth-order valence-electron chi connectivity index (χ4n) is 11.9. The number of aromatic nitrogens is 6. The number of carbonyl (C=O) groups excluding carboxylic acids is 6. The molecule has 6 amide bonds. The number of nitrogens with two attached hydrogens (primary N) is 6. The summed E-state index contributed by atoms with van der Waals surface area (Å²) in [7, 11) is 0. The van der Waals surface area contributed by atoms with Crippen LogP contribution in [0.3, 0.4) is 0 Å². The molecule has 12 rings (SSSR count). The van der Waals surface area contributed by atoms with Crippen molar-refractivity contribution in [1.82, 2.24) is 44.0 Å². The number of anilines is 3. The quantitative estimate of drug-likeness (QED) is 0.0435. The van der Waals surface area contributed by atoms with Crippen molar-refractivity contribution in [3.63, 3.8) is 0 Å². The van der Waals surface area contributed by atoms with Gasteiger partial charge in [-0.3, -0.25) is 28.8 Å². The molecule has 0 aliphatic carbocycles. The number of nitrogens with zero attached hydrogens (tertiary/aromatic N) is 9. The van der Waals surface area contributed by atoms with E-state index in [0.29, 0.717) is 90.3 Å². The van der Waals surface area contributed by atoms with Gasteiger partial charge in [-0.05, 0) is 166 Å². The van der Waals surface area contributed by atoms with Crippen LogP contribution in [0.25, 0.3) is 33.8 Å². The number of rotatable bonds is 18. The summed E-state index contributed by atoms with van der Waals surface area (Å²) in [4.78, 5) is 78.0. The van der Waals surface area contributed by atoms with Crippen molar-refractivity contribution in [2.24, 2.45) is 17.2 Å². The topological polar surface area (TPSA) is 349 Å². The van der Waals surface area contributed by atoms with E-state index in [0.717, 1.165) is 55.8 Å².